The second-order valence-corrected chi connectivity index (χ2v) is 4.58. The van der Waals surface area contributed by atoms with Crippen LogP contribution in [0.25, 0.3) is 0 Å². The number of nitrogens with two attached hydrogens (primary N) is 1. The molecule has 0 bridgehead atoms. The molecule has 1 heterocycles. The van der Waals surface area contributed by atoms with Gasteiger partial charge in [0.2, 0.25) is 0 Å². The van der Waals surface area contributed by atoms with Gasteiger partial charge in [0, 0.05) is 19.3 Å². The number of carbonyl (C=O) groups excluding carboxylic acids is 1. The van der Waals surface area contributed by atoms with Gasteiger partial charge >= 0.3 is 0 Å². The third-order valence-electron chi connectivity index (χ3n) is 2.99. The molecule has 0 aromatic heterocycles. The van der Waals surface area contributed by atoms with Crippen LogP contribution < -0.4 is 5.73 Å². The highest BCUT2D eigenvalue weighted by Crippen LogP contribution is 2.22. The Morgan fingerprint density at radius 3 is 3.00 bits per heavy atom. The first-order chi connectivity index (χ1) is 8.09. The Labute approximate surface area is 105 Å². The molecule has 1 atom stereocenters. The Kier molecular flexibility index (Phi) is 3.54. The Bertz CT molecular complexity index is 431. The fourth-order valence-corrected chi connectivity index (χ4v) is 2.09. The molecule has 0 spiro atoms. The lowest BCUT2D eigenvalue weighted by molar-refractivity contribution is 0.0711. The summed E-state index contributed by atoms with van der Waals surface area (Å²) in [6.45, 7) is 1.29. The van der Waals surface area contributed by atoms with E-state index >= 15 is 0 Å². The molecule has 1 fully saturated rings. The maximum Gasteiger partial charge on any atom is 0.255 e. The van der Waals surface area contributed by atoms with Gasteiger partial charge in [0.15, 0.2) is 0 Å². The van der Waals surface area contributed by atoms with Gasteiger partial charge in [0.25, 0.3) is 5.91 Å². The summed E-state index contributed by atoms with van der Waals surface area (Å²) >= 11 is 6.01. The second-order valence-electron chi connectivity index (χ2n) is 4.17. The molecule has 17 heavy (non-hydrogen) atoms. The zero-order valence-electron chi connectivity index (χ0n) is 9.65. The molecule has 0 radical (unpaired) electrons. The minimum absolute atomic E-state index is 0.113. The molecule has 92 valence electrons. The van der Waals surface area contributed by atoms with E-state index in [0.717, 1.165) is 6.42 Å². The standard InChI is InChI=1S/C12H15ClN2O2/c1-15(9-4-5-17-7-9)12(16)10-6-8(14)2-3-11(10)13/h2-3,6,9H,4-5,7,14H2,1H3. The zero-order chi connectivity index (χ0) is 12.4. The number of hydrogen-bond donors (Lipinski definition) is 1. The van der Waals surface area contributed by atoms with E-state index in [4.69, 9.17) is 22.1 Å². The Balaban J connectivity index is 2.20. The maximum atomic E-state index is 12.2. The van der Waals surface area contributed by atoms with Gasteiger partial charge in [0.1, 0.15) is 0 Å². The van der Waals surface area contributed by atoms with Crippen LogP contribution in [0.4, 0.5) is 5.69 Å². The number of benzene rings is 1. The second kappa shape index (κ2) is 4.94. The first kappa shape index (κ1) is 12.2. The summed E-state index contributed by atoms with van der Waals surface area (Å²) in [5.41, 5.74) is 6.65. The van der Waals surface area contributed by atoms with Crippen molar-refractivity contribution >= 4 is 23.2 Å². The van der Waals surface area contributed by atoms with Crippen molar-refractivity contribution in [2.45, 2.75) is 12.5 Å². The minimum Gasteiger partial charge on any atom is -0.399 e. The molecule has 4 nitrogen and oxygen atoms in total. The average Bonchev–Trinajstić information content (AvgIpc) is 2.84. The topological polar surface area (TPSA) is 55.6 Å². The quantitative estimate of drug-likeness (QED) is 0.819. The van der Waals surface area contributed by atoms with Crippen molar-refractivity contribution in [3.63, 3.8) is 0 Å². The van der Waals surface area contributed by atoms with Crippen LogP contribution in [0.5, 0.6) is 0 Å². The lowest BCUT2D eigenvalue weighted by Gasteiger charge is -2.23. The largest absolute Gasteiger partial charge is 0.399 e. The third-order valence-corrected chi connectivity index (χ3v) is 3.32. The molecule has 1 aromatic rings. The highest BCUT2D eigenvalue weighted by atomic mass is 35.5. The molecule has 2 rings (SSSR count). The Morgan fingerprint density at radius 1 is 1.59 bits per heavy atom. The molecular weight excluding hydrogens is 240 g/mol. The molecule has 1 amide bonds. The molecule has 0 aliphatic carbocycles. The number of carbonyl (C=O) groups is 1. The van der Waals surface area contributed by atoms with E-state index in [1.165, 1.54) is 0 Å². The summed E-state index contributed by atoms with van der Waals surface area (Å²) in [7, 11) is 1.77. The smallest absolute Gasteiger partial charge is 0.255 e. The maximum absolute atomic E-state index is 12.2. The van der Waals surface area contributed by atoms with Crippen LogP contribution in [0.15, 0.2) is 18.2 Å². The van der Waals surface area contributed by atoms with Crippen molar-refractivity contribution in [1.29, 1.82) is 0 Å². The fraction of sp³-hybridized carbons (Fsp3) is 0.417. The number of rotatable bonds is 2. The van der Waals surface area contributed by atoms with Crippen molar-refractivity contribution < 1.29 is 9.53 Å². The van der Waals surface area contributed by atoms with Gasteiger partial charge < -0.3 is 15.4 Å². The molecule has 1 saturated heterocycles. The van der Waals surface area contributed by atoms with E-state index in [1.807, 2.05) is 0 Å². The van der Waals surface area contributed by atoms with Crippen LogP contribution in [0, 0.1) is 0 Å². The summed E-state index contributed by atoms with van der Waals surface area (Å²) in [6.07, 6.45) is 0.863. The van der Waals surface area contributed by atoms with E-state index in [0.29, 0.717) is 29.5 Å². The van der Waals surface area contributed by atoms with E-state index in [2.05, 4.69) is 0 Å². The number of anilines is 1. The highest BCUT2D eigenvalue weighted by molar-refractivity contribution is 6.34. The van der Waals surface area contributed by atoms with Gasteiger partial charge in [-0.05, 0) is 24.6 Å². The molecule has 1 aliphatic rings. The number of hydrogen-bond acceptors (Lipinski definition) is 3. The van der Waals surface area contributed by atoms with Crippen molar-refractivity contribution in [3.8, 4) is 0 Å². The summed E-state index contributed by atoms with van der Waals surface area (Å²) < 4.78 is 5.27. The van der Waals surface area contributed by atoms with E-state index < -0.39 is 0 Å². The summed E-state index contributed by atoms with van der Waals surface area (Å²) in [4.78, 5) is 13.9. The first-order valence-electron chi connectivity index (χ1n) is 5.49. The molecule has 1 aromatic carbocycles. The molecule has 1 unspecified atom stereocenters. The van der Waals surface area contributed by atoms with Gasteiger partial charge in [-0.2, -0.15) is 0 Å². The summed E-state index contributed by atoms with van der Waals surface area (Å²) in [5.74, 6) is -0.113. The number of halogens is 1. The number of likely N-dealkylation sites (N-methyl/N-ethyl adjacent to an activating group) is 1. The van der Waals surface area contributed by atoms with Crippen LogP contribution in [0.1, 0.15) is 16.8 Å². The summed E-state index contributed by atoms with van der Waals surface area (Å²) in [6, 6.07) is 5.05. The number of nitrogen functional groups attached to an aromatic ring is 1. The van der Waals surface area contributed by atoms with Crippen LogP contribution >= 0.6 is 11.6 Å². The van der Waals surface area contributed by atoms with E-state index in [1.54, 1.807) is 30.1 Å². The number of nitrogens with zero attached hydrogens (tertiary/aromatic N) is 1. The highest BCUT2D eigenvalue weighted by Gasteiger charge is 2.26. The van der Waals surface area contributed by atoms with Gasteiger partial charge in [-0.3, -0.25) is 4.79 Å². The fourth-order valence-electron chi connectivity index (χ4n) is 1.89. The lowest BCUT2D eigenvalue weighted by atomic mass is 10.1. The predicted molar refractivity (Wildman–Crippen MR) is 67.2 cm³/mol. The van der Waals surface area contributed by atoms with Crippen LogP contribution in [0.2, 0.25) is 5.02 Å². The average molecular weight is 255 g/mol. The monoisotopic (exact) mass is 254 g/mol. The van der Waals surface area contributed by atoms with Gasteiger partial charge in [0.05, 0.1) is 23.2 Å². The molecule has 5 heteroatoms. The third kappa shape index (κ3) is 2.53. The molecular formula is C12H15ClN2O2. The molecule has 1 aliphatic heterocycles. The summed E-state index contributed by atoms with van der Waals surface area (Å²) in [5, 5.41) is 0.426. The van der Waals surface area contributed by atoms with Gasteiger partial charge in [-0.1, -0.05) is 11.6 Å². The number of amides is 1. The van der Waals surface area contributed by atoms with Crippen molar-refractivity contribution in [3.05, 3.63) is 28.8 Å². The molecule has 2 N–H and O–H groups in total. The minimum atomic E-state index is -0.113. The van der Waals surface area contributed by atoms with Crippen LogP contribution in [-0.4, -0.2) is 37.1 Å². The van der Waals surface area contributed by atoms with Crippen molar-refractivity contribution in [2.24, 2.45) is 0 Å². The first-order valence-corrected chi connectivity index (χ1v) is 5.87. The Morgan fingerprint density at radius 2 is 2.35 bits per heavy atom. The van der Waals surface area contributed by atoms with Crippen LogP contribution in [0.3, 0.4) is 0 Å². The van der Waals surface area contributed by atoms with Gasteiger partial charge in [-0.15, -0.1) is 0 Å². The zero-order valence-corrected chi connectivity index (χ0v) is 10.4. The van der Waals surface area contributed by atoms with Crippen molar-refractivity contribution in [2.75, 3.05) is 26.0 Å². The molecule has 0 saturated carbocycles. The lowest BCUT2D eigenvalue weighted by Crippen LogP contribution is -2.37. The normalized spacial score (nSPS) is 19.3. The van der Waals surface area contributed by atoms with Crippen molar-refractivity contribution in [1.82, 2.24) is 4.90 Å². The van der Waals surface area contributed by atoms with E-state index in [-0.39, 0.29) is 11.9 Å². The van der Waals surface area contributed by atoms with Crippen LogP contribution in [-0.2, 0) is 4.74 Å². The van der Waals surface area contributed by atoms with E-state index in [9.17, 15) is 4.79 Å². The predicted octanol–water partition coefficient (Wildman–Crippen LogP) is 1.78. The number of ether oxygens (including phenoxy) is 1. The SMILES string of the molecule is CN(C(=O)c1cc(N)ccc1Cl)C1CCOC1. The van der Waals surface area contributed by atoms with Gasteiger partial charge in [-0.25, -0.2) is 0 Å². The Hall–Kier alpha value is -1.26.